The van der Waals surface area contributed by atoms with E-state index in [-0.39, 0.29) is 5.82 Å². The molecule has 2 aromatic rings. The summed E-state index contributed by atoms with van der Waals surface area (Å²) in [6.07, 6.45) is 2.20. The summed E-state index contributed by atoms with van der Waals surface area (Å²) < 4.78 is 12.8. The third-order valence-corrected chi connectivity index (χ3v) is 1.83. The molecule has 2 nitrogen and oxygen atoms in total. The number of hydrogen-bond acceptors (Lipinski definition) is 2. The van der Waals surface area contributed by atoms with Crippen LogP contribution in [0.2, 0.25) is 0 Å². The Morgan fingerprint density at radius 3 is 2.85 bits per heavy atom. The highest BCUT2D eigenvalue weighted by atomic mass is 19.1. The second-order valence-electron chi connectivity index (χ2n) is 2.72. The van der Waals surface area contributed by atoms with Gasteiger partial charge in [0.2, 0.25) is 0 Å². The number of carbonyl (C=O) groups is 1. The molecule has 1 aromatic carbocycles. The quantitative estimate of drug-likeness (QED) is 0.622. The molecule has 0 unspecified atom stereocenters. The lowest BCUT2D eigenvalue weighted by atomic mass is 10.1. The fourth-order valence-electron chi connectivity index (χ4n) is 1.19. The first kappa shape index (κ1) is 7.86. The molecule has 0 aliphatic rings. The summed E-state index contributed by atoms with van der Waals surface area (Å²) in [7, 11) is 0. The maximum Gasteiger partial charge on any atom is 0.168 e. The lowest BCUT2D eigenvalue weighted by molar-refractivity contribution is 0.111. The molecular weight excluding hydrogens is 169 g/mol. The molecule has 0 aliphatic heterocycles. The minimum absolute atomic E-state index is 0.310. The van der Waals surface area contributed by atoms with Crippen LogP contribution < -0.4 is 0 Å². The van der Waals surface area contributed by atoms with Gasteiger partial charge in [0.1, 0.15) is 11.5 Å². The first-order valence-corrected chi connectivity index (χ1v) is 3.80. The summed E-state index contributed by atoms with van der Waals surface area (Å²) in [5, 5.41) is 1.52. The molecule has 13 heavy (non-hydrogen) atoms. The summed E-state index contributed by atoms with van der Waals surface area (Å²) in [6, 6.07) is 5.94. The summed E-state index contributed by atoms with van der Waals surface area (Å²) in [6.45, 7) is 0. The van der Waals surface area contributed by atoms with Gasteiger partial charge >= 0.3 is 0 Å². The zero-order chi connectivity index (χ0) is 9.26. The van der Waals surface area contributed by atoms with Crippen molar-refractivity contribution in [3.63, 3.8) is 0 Å². The molecule has 0 amide bonds. The highest BCUT2D eigenvalue weighted by Gasteiger charge is 1.97. The van der Waals surface area contributed by atoms with Crippen molar-refractivity contribution in [2.45, 2.75) is 0 Å². The average Bonchev–Trinajstić information content (AvgIpc) is 2.16. The normalized spacial score (nSPS) is 10.2. The van der Waals surface area contributed by atoms with E-state index in [1.165, 1.54) is 12.1 Å². The molecule has 3 heteroatoms. The Bertz CT molecular complexity index is 467. The molecule has 0 bridgehead atoms. The molecule has 0 N–H and O–H groups in total. The third kappa shape index (κ3) is 1.40. The van der Waals surface area contributed by atoms with Crippen LogP contribution in [0.4, 0.5) is 4.39 Å². The number of aldehydes is 1. The highest BCUT2D eigenvalue weighted by Crippen LogP contribution is 2.14. The van der Waals surface area contributed by atoms with Gasteiger partial charge in [0.15, 0.2) is 6.29 Å². The minimum Gasteiger partial charge on any atom is -0.296 e. The second-order valence-corrected chi connectivity index (χ2v) is 2.72. The van der Waals surface area contributed by atoms with Gasteiger partial charge < -0.3 is 0 Å². The maximum atomic E-state index is 12.8. The van der Waals surface area contributed by atoms with Gasteiger partial charge in [-0.05, 0) is 29.7 Å². The molecular formula is C10H6FNO. The Balaban J connectivity index is 2.74. The van der Waals surface area contributed by atoms with Crippen molar-refractivity contribution in [3.05, 3.63) is 42.0 Å². The van der Waals surface area contributed by atoms with E-state index in [1.807, 2.05) is 0 Å². The average molecular weight is 175 g/mol. The number of aromatic nitrogens is 1. The van der Waals surface area contributed by atoms with Crippen LogP contribution in [0, 0.1) is 5.82 Å². The molecule has 0 saturated carbocycles. The predicted octanol–water partition coefficient (Wildman–Crippen LogP) is 2.19. The van der Waals surface area contributed by atoms with E-state index < -0.39 is 0 Å². The summed E-state index contributed by atoms with van der Waals surface area (Å²) in [5.41, 5.74) is 0.318. The van der Waals surface area contributed by atoms with E-state index in [9.17, 15) is 9.18 Å². The van der Waals surface area contributed by atoms with Crippen LogP contribution >= 0.6 is 0 Å². The molecule has 1 aromatic heterocycles. The molecule has 2 rings (SSSR count). The zero-order valence-corrected chi connectivity index (χ0v) is 6.70. The van der Waals surface area contributed by atoms with E-state index in [0.717, 1.165) is 5.39 Å². The predicted molar refractivity (Wildman–Crippen MR) is 47.1 cm³/mol. The highest BCUT2D eigenvalue weighted by molar-refractivity contribution is 5.86. The Labute approximate surface area is 74.0 Å². The standard InChI is InChI=1S/C10H6FNO/c11-9-2-1-7-5-12-10(6-13)4-8(7)3-9/h1-6H. The van der Waals surface area contributed by atoms with Crippen molar-refractivity contribution in [2.24, 2.45) is 0 Å². The first-order valence-electron chi connectivity index (χ1n) is 3.80. The molecule has 0 aliphatic carbocycles. The van der Waals surface area contributed by atoms with Crippen LogP contribution in [-0.2, 0) is 0 Å². The Morgan fingerprint density at radius 2 is 2.08 bits per heavy atom. The third-order valence-electron chi connectivity index (χ3n) is 1.83. The van der Waals surface area contributed by atoms with Crippen LogP contribution in [0.25, 0.3) is 10.8 Å². The fourth-order valence-corrected chi connectivity index (χ4v) is 1.19. The van der Waals surface area contributed by atoms with Crippen LogP contribution in [-0.4, -0.2) is 11.3 Å². The van der Waals surface area contributed by atoms with Crippen molar-refractivity contribution in [3.8, 4) is 0 Å². The summed E-state index contributed by atoms with van der Waals surface area (Å²) >= 11 is 0. The van der Waals surface area contributed by atoms with Crippen molar-refractivity contribution >= 4 is 17.1 Å². The Morgan fingerprint density at radius 1 is 1.23 bits per heavy atom. The smallest absolute Gasteiger partial charge is 0.168 e. The Kier molecular flexibility index (Phi) is 1.77. The van der Waals surface area contributed by atoms with Gasteiger partial charge in [0, 0.05) is 11.6 Å². The molecule has 1 heterocycles. The molecule has 0 saturated heterocycles. The van der Waals surface area contributed by atoms with Crippen LogP contribution in [0.1, 0.15) is 10.5 Å². The number of hydrogen-bond donors (Lipinski definition) is 0. The van der Waals surface area contributed by atoms with Crippen molar-refractivity contribution < 1.29 is 9.18 Å². The second kappa shape index (κ2) is 2.94. The molecule has 64 valence electrons. The van der Waals surface area contributed by atoms with Crippen molar-refractivity contribution in [1.29, 1.82) is 0 Å². The van der Waals surface area contributed by atoms with E-state index in [1.54, 1.807) is 18.3 Å². The van der Waals surface area contributed by atoms with Gasteiger partial charge in [0.05, 0.1) is 0 Å². The number of carbonyl (C=O) groups excluding carboxylic acids is 1. The zero-order valence-electron chi connectivity index (χ0n) is 6.70. The van der Waals surface area contributed by atoms with Crippen LogP contribution in [0.15, 0.2) is 30.5 Å². The summed E-state index contributed by atoms with van der Waals surface area (Å²) in [5.74, 6) is -0.310. The van der Waals surface area contributed by atoms with E-state index in [4.69, 9.17) is 0 Å². The van der Waals surface area contributed by atoms with E-state index in [0.29, 0.717) is 17.4 Å². The lowest BCUT2D eigenvalue weighted by Gasteiger charge is -1.97. The molecule has 0 spiro atoms. The molecule has 0 atom stereocenters. The van der Waals surface area contributed by atoms with Crippen molar-refractivity contribution in [2.75, 3.05) is 0 Å². The van der Waals surface area contributed by atoms with E-state index in [2.05, 4.69) is 4.98 Å². The van der Waals surface area contributed by atoms with Gasteiger partial charge in [-0.3, -0.25) is 9.78 Å². The number of rotatable bonds is 1. The van der Waals surface area contributed by atoms with Gasteiger partial charge in [0.25, 0.3) is 0 Å². The number of halogens is 1. The fraction of sp³-hybridized carbons (Fsp3) is 0. The largest absolute Gasteiger partial charge is 0.296 e. The van der Waals surface area contributed by atoms with Gasteiger partial charge in [-0.2, -0.15) is 0 Å². The first-order chi connectivity index (χ1) is 6.29. The topological polar surface area (TPSA) is 30.0 Å². The van der Waals surface area contributed by atoms with Gasteiger partial charge in [-0.15, -0.1) is 0 Å². The SMILES string of the molecule is O=Cc1cc2cc(F)ccc2cn1. The number of pyridine rings is 1. The number of nitrogens with zero attached hydrogens (tertiary/aromatic N) is 1. The lowest BCUT2D eigenvalue weighted by Crippen LogP contribution is -1.86. The number of benzene rings is 1. The number of fused-ring (bicyclic) bond motifs is 1. The van der Waals surface area contributed by atoms with Crippen LogP contribution in [0.5, 0.6) is 0 Å². The molecule has 0 radical (unpaired) electrons. The minimum atomic E-state index is -0.310. The van der Waals surface area contributed by atoms with Crippen molar-refractivity contribution in [1.82, 2.24) is 4.98 Å². The molecule has 0 fully saturated rings. The van der Waals surface area contributed by atoms with Gasteiger partial charge in [-0.25, -0.2) is 4.39 Å². The van der Waals surface area contributed by atoms with Crippen LogP contribution in [0.3, 0.4) is 0 Å². The Hall–Kier alpha value is -1.77. The van der Waals surface area contributed by atoms with Gasteiger partial charge in [-0.1, -0.05) is 0 Å². The monoisotopic (exact) mass is 175 g/mol. The summed E-state index contributed by atoms with van der Waals surface area (Å²) in [4.78, 5) is 14.2. The van der Waals surface area contributed by atoms with E-state index >= 15 is 0 Å². The maximum absolute atomic E-state index is 12.8.